The zero-order valence-corrected chi connectivity index (χ0v) is 12.2. The summed E-state index contributed by atoms with van der Waals surface area (Å²) < 4.78 is 1.02. The Balaban J connectivity index is 2.07. The van der Waals surface area contributed by atoms with Crippen molar-refractivity contribution in [3.8, 4) is 0 Å². The Labute approximate surface area is 116 Å². The standard InChI is InChI=1S/C14H19BrN2O/c1-2-7-14(8-9-16-10-14)13(18)17-12-5-3-11(15)4-6-12/h3-6,16H,2,7-10H2,1H3,(H,17,18). The predicted molar refractivity (Wildman–Crippen MR) is 77.6 cm³/mol. The lowest BCUT2D eigenvalue weighted by atomic mass is 9.81. The Bertz CT molecular complexity index is 410. The minimum absolute atomic E-state index is 0.150. The predicted octanol–water partition coefficient (Wildman–Crippen LogP) is 3.17. The van der Waals surface area contributed by atoms with Crippen LogP contribution >= 0.6 is 15.9 Å². The lowest BCUT2D eigenvalue weighted by Gasteiger charge is -2.26. The molecule has 1 aromatic rings. The van der Waals surface area contributed by atoms with Crippen molar-refractivity contribution in [2.75, 3.05) is 18.4 Å². The third-order valence-corrected chi connectivity index (χ3v) is 4.08. The number of halogens is 1. The normalized spacial score (nSPS) is 23.0. The van der Waals surface area contributed by atoms with E-state index < -0.39 is 0 Å². The van der Waals surface area contributed by atoms with Crippen LogP contribution in [-0.4, -0.2) is 19.0 Å². The summed E-state index contributed by atoms with van der Waals surface area (Å²) >= 11 is 3.39. The van der Waals surface area contributed by atoms with E-state index in [4.69, 9.17) is 0 Å². The molecule has 2 N–H and O–H groups in total. The Hall–Kier alpha value is -0.870. The molecule has 0 spiro atoms. The molecule has 1 aliphatic heterocycles. The number of anilines is 1. The molecule has 0 saturated carbocycles. The summed E-state index contributed by atoms with van der Waals surface area (Å²) in [4.78, 5) is 12.4. The molecule has 3 nitrogen and oxygen atoms in total. The van der Waals surface area contributed by atoms with E-state index in [9.17, 15) is 4.79 Å². The van der Waals surface area contributed by atoms with Crippen molar-refractivity contribution < 1.29 is 4.79 Å². The summed E-state index contributed by atoms with van der Waals surface area (Å²) in [5, 5.41) is 6.34. The Morgan fingerprint density at radius 3 is 2.72 bits per heavy atom. The van der Waals surface area contributed by atoms with E-state index in [-0.39, 0.29) is 11.3 Å². The van der Waals surface area contributed by atoms with Crippen molar-refractivity contribution in [2.24, 2.45) is 5.41 Å². The molecule has 1 aromatic carbocycles. The van der Waals surface area contributed by atoms with Gasteiger partial charge in [-0.25, -0.2) is 0 Å². The van der Waals surface area contributed by atoms with Crippen LogP contribution in [0.4, 0.5) is 5.69 Å². The third-order valence-electron chi connectivity index (χ3n) is 3.56. The zero-order valence-electron chi connectivity index (χ0n) is 10.6. The Kier molecular flexibility index (Phi) is 4.40. The number of amides is 1. The van der Waals surface area contributed by atoms with Gasteiger partial charge in [0.2, 0.25) is 5.91 Å². The van der Waals surface area contributed by atoms with Gasteiger partial charge in [0.05, 0.1) is 5.41 Å². The van der Waals surface area contributed by atoms with Crippen LogP contribution in [0.25, 0.3) is 0 Å². The van der Waals surface area contributed by atoms with Crippen LogP contribution in [0.5, 0.6) is 0 Å². The molecule has 1 heterocycles. The van der Waals surface area contributed by atoms with Crippen molar-refractivity contribution in [3.63, 3.8) is 0 Å². The number of hydrogen-bond acceptors (Lipinski definition) is 2. The minimum Gasteiger partial charge on any atom is -0.326 e. The van der Waals surface area contributed by atoms with Crippen LogP contribution in [0.15, 0.2) is 28.7 Å². The van der Waals surface area contributed by atoms with E-state index in [1.165, 1.54) is 0 Å². The molecule has 18 heavy (non-hydrogen) atoms. The van der Waals surface area contributed by atoms with E-state index in [1.807, 2.05) is 24.3 Å². The number of hydrogen-bond donors (Lipinski definition) is 2. The maximum Gasteiger partial charge on any atom is 0.231 e. The molecule has 0 aromatic heterocycles. The molecule has 1 atom stereocenters. The number of benzene rings is 1. The highest BCUT2D eigenvalue weighted by Gasteiger charge is 2.40. The van der Waals surface area contributed by atoms with Gasteiger partial charge in [0.25, 0.3) is 0 Å². The van der Waals surface area contributed by atoms with Gasteiger partial charge >= 0.3 is 0 Å². The first-order valence-corrected chi connectivity index (χ1v) is 7.23. The first kappa shape index (κ1) is 13.6. The molecule has 4 heteroatoms. The van der Waals surface area contributed by atoms with E-state index in [2.05, 4.69) is 33.5 Å². The molecular weight excluding hydrogens is 292 g/mol. The average Bonchev–Trinajstić information content (AvgIpc) is 2.82. The first-order chi connectivity index (χ1) is 8.66. The largest absolute Gasteiger partial charge is 0.326 e. The quantitative estimate of drug-likeness (QED) is 0.897. The van der Waals surface area contributed by atoms with E-state index in [0.29, 0.717) is 0 Å². The maximum absolute atomic E-state index is 12.4. The van der Waals surface area contributed by atoms with Crippen molar-refractivity contribution >= 4 is 27.5 Å². The third kappa shape index (κ3) is 2.93. The summed E-state index contributed by atoms with van der Waals surface area (Å²) in [5.41, 5.74) is 0.646. The van der Waals surface area contributed by atoms with Gasteiger partial charge in [-0.3, -0.25) is 4.79 Å². The zero-order chi connectivity index (χ0) is 13.0. The average molecular weight is 311 g/mol. The molecule has 1 aliphatic rings. The second kappa shape index (κ2) is 5.85. The molecular formula is C14H19BrN2O. The van der Waals surface area contributed by atoms with Gasteiger partial charge < -0.3 is 10.6 Å². The van der Waals surface area contributed by atoms with Crippen LogP contribution in [0, 0.1) is 5.41 Å². The molecule has 0 aliphatic carbocycles. The fourth-order valence-electron chi connectivity index (χ4n) is 2.54. The highest BCUT2D eigenvalue weighted by Crippen LogP contribution is 2.32. The van der Waals surface area contributed by atoms with Crippen LogP contribution in [-0.2, 0) is 4.79 Å². The summed E-state index contributed by atoms with van der Waals surface area (Å²) in [5.74, 6) is 0.150. The minimum atomic E-state index is -0.220. The summed E-state index contributed by atoms with van der Waals surface area (Å²) in [6.07, 6.45) is 2.92. The molecule has 1 fully saturated rings. The molecule has 1 unspecified atom stereocenters. The van der Waals surface area contributed by atoms with Crippen LogP contribution < -0.4 is 10.6 Å². The van der Waals surface area contributed by atoms with Crippen molar-refractivity contribution in [2.45, 2.75) is 26.2 Å². The monoisotopic (exact) mass is 310 g/mol. The lowest BCUT2D eigenvalue weighted by Crippen LogP contribution is -2.38. The summed E-state index contributed by atoms with van der Waals surface area (Å²) in [6.45, 7) is 3.87. The first-order valence-electron chi connectivity index (χ1n) is 6.44. The maximum atomic E-state index is 12.4. The molecule has 1 saturated heterocycles. The molecule has 1 amide bonds. The Morgan fingerprint density at radius 1 is 1.44 bits per heavy atom. The van der Waals surface area contributed by atoms with Crippen molar-refractivity contribution in [1.29, 1.82) is 0 Å². The van der Waals surface area contributed by atoms with Gasteiger partial charge in [-0.15, -0.1) is 0 Å². The highest BCUT2D eigenvalue weighted by atomic mass is 79.9. The van der Waals surface area contributed by atoms with Crippen molar-refractivity contribution in [3.05, 3.63) is 28.7 Å². The number of nitrogens with one attached hydrogen (secondary N) is 2. The second-order valence-electron chi connectivity index (χ2n) is 4.92. The van der Waals surface area contributed by atoms with Gasteiger partial charge in [-0.1, -0.05) is 29.3 Å². The van der Waals surface area contributed by atoms with Crippen molar-refractivity contribution in [1.82, 2.24) is 5.32 Å². The van der Waals surface area contributed by atoms with Gasteiger partial charge in [-0.2, -0.15) is 0 Å². The molecule has 2 rings (SSSR count). The molecule has 0 radical (unpaired) electrons. The van der Waals surface area contributed by atoms with E-state index in [0.717, 1.165) is 42.5 Å². The number of carbonyl (C=O) groups is 1. The van der Waals surface area contributed by atoms with E-state index >= 15 is 0 Å². The van der Waals surface area contributed by atoms with E-state index in [1.54, 1.807) is 0 Å². The van der Waals surface area contributed by atoms with Crippen LogP contribution in [0.2, 0.25) is 0 Å². The number of carbonyl (C=O) groups excluding carboxylic acids is 1. The second-order valence-corrected chi connectivity index (χ2v) is 5.83. The molecule has 98 valence electrons. The van der Waals surface area contributed by atoms with Gasteiger partial charge in [0.15, 0.2) is 0 Å². The summed E-state index contributed by atoms with van der Waals surface area (Å²) in [6, 6.07) is 7.72. The molecule has 0 bridgehead atoms. The Morgan fingerprint density at radius 2 is 2.17 bits per heavy atom. The highest BCUT2D eigenvalue weighted by molar-refractivity contribution is 9.10. The fourth-order valence-corrected chi connectivity index (χ4v) is 2.80. The van der Waals surface area contributed by atoms with Crippen LogP contribution in [0.3, 0.4) is 0 Å². The fraction of sp³-hybridized carbons (Fsp3) is 0.500. The topological polar surface area (TPSA) is 41.1 Å². The smallest absolute Gasteiger partial charge is 0.231 e. The lowest BCUT2D eigenvalue weighted by molar-refractivity contribution is -0.125. The SMILES string of the molecule is CCCC1(C(=O)Nc2ccc(Br)cc2)CCNC1. The number of rotatable bonds is 4. The van der Waals surface area contributed by atoms with Gasteiger partial charge in [-0.05, 0) is 43.7 Å². The van der Waals surface area contributed by atoms with Gasteiger partial charge in [0, 0.05) is 16.7 Å². The summed E-state index contributed by atoms with van der Waals surface area (Å²) in [7, 11) is 0. The van der Waals surface area contributed by atoms with Gasteiger partial charge in [0.1, 0.15) is 0 Å². The van der Waals surface area contributed by atoms with Crippen LogP contribution in [0.1, 0.15) is 26.2 Å².